The molecule has 4 aromatic carbocycles. The molecule has 0 saturated carbocycles. The van der Waals surface area contributed by atoms with Crippen LogP contribution < -0.4 is 10.6 Å². The van der Waals surface area contributed by atoms with E-state index in [-0.39, 0.29) is 36.0 Å². The van der Waals surface area contributed by atoms with Gasteiger partial charge in [-0.15, -0.1) is 0 Å². The molecule has 5 heterocycles. The number of methoxy groups -OCH3 is 1. The number of urea groups is 1. The first-order valence-corrected chi connectivity index (χ1v) is 22.7. The fourth-order valence-electron chi connectivity index (χ4n) is 9.36. The van der Waals surface area contributed by atoms with Gasteiger partial charge in [0.1, 0.15) is 23.7 Å². The predicted molar refractivity (Wildman–Crippen MR) is 249 cm³/mol. The summed E-state index contributed by atoms with van der Waals surface area (Å²) < 4.78 is 4.83. The summed E-state index contributed by atoms with van der Waals surface area (Å²) in [5.41, 5.74) is 6.71. The quantitative estimate of drug-likeness (QED) is 0.101. The fraction of sp³-hybridized carbons (Fsp3) is 0.308. The molecule has 14 heteroatoms. The van der Waals surface area contributed by atoms with Gasteiger partial charge in [0.15, 0.2) is 0 Å². The van der Waals surface area contributed by atoms with E-state index in [0.29, 0.717) is 31.0 Å². The largest absolute Gasteiger partial charge is 0.453 e. The molecule has 5 amide bonds. The second-order valence-electron chi connectivity index (χ2n) is 17.1. The Labute approximate surface area is 384 Å². The van der Waals surface area contributed by atoms with Crippen LogP contribution in [0.1, 0.15) is 104 Å². The number of nitrogens with zero attached hydrogens (tertiary/aromatic N) is 5. The Hall–Kier alpha value is -7.66. The van der Waals surface area contributed by atoms with Crippen molar-refractivity contribution < 1.29 is 23.9 Å². The van der Waals surface area contributed by atoms with Crippen LogP contribution in [0.15, 0.2) is 122 Å². The van der Waals surface area contributed by atoms with Crippen molar-refractivity contribution in [3.05, 3.63) is 155 Å². The van der Waals surface area contributed by atoms with Gasteiger partial charge in [0.2, 0.25) is 5.91 Å². The van der Waals surface area contributed by atoms with Crippen LogP contribution in [0.5, 0.6) is 0 Å². The van der Waals surface area contributed by atoms with Crippen LogP contribution >= 0.6 is 0 Å². The lowest BCUT2D eigenvalue weighted by atomic mass is 10.0. The zero-order valence-electron chi connectivity index (χ0n) is 37.1. The molecule has 0 aliphatic carbocycles. The lowest BCUT2D eigenvalue weighted by molar-refractivity contribution is -0.135. The highest BCUT2D eigenvalue weighted by Crippen LogP contribution is 2.36. The lowest BCUT2D eigenvalue weighted by Gasteiger charge is -2.30. The topological polar surface area (TPSA) is 169 Å². The Bertz CT molecular complexity index is 2730. The van der Waals surface area contributed by atoms with E-state index < -0.39 is 18.2 Å². The first-order chi connectivity index (χ1) is 32.2. The molecule has 14 nitrogen and oxygen atoms in total. The van der Waals surface area contributed by atoms with Crippen molar-refractivity contribution in [2.24, 2.45) is 0 Å². The predicted octanol–water partition coefficient (Wildman–Crippen LogP) is 8.23. The van der Waals surface area contributed by atoms with Gasteiger partial charge < -0.3 is 40.0 Å². The molecule has 0 unspecified atom stereocenters. The van der Waals surface area contributed by atoms with Gasteiger partial charge in [-0.05, 0) is 92.0 Å². The Balaban J connectivity index is 0.831. The van der Waals surface area contributed by atoms with Gasteiger partial charge in [0.25, 0.3) is 5.91 Å². The van der Waals surface area contributed by atoms with Crippen molar-refractivity contribution in [3.8, 4) is 34.4 Å². The molecule has 3 fully saturated rings. The number of carbonyl (C=O) groups is 4. The van der Waals surface area contributed by atoms with Crippen molar-refractivity contribution in [3.63, 3.8) is 0 Å². The lowest BCUT2D eigenvalue weighted by Crippen LogP contribution is -2.48. The van der Waals surface area contributed by atoms with E-state index >= 15 is 0 Å². The van der Waals surface area contributed by atoms with Crippen LogP contribution in [0.3, 0.4) is 0 Å². The summed E-state index contributed by atoms with van der Waals surface area (Å²) in [7, 11) is 1.28. The van der Waals surface area contributed by atoms with Crippen LogP contribution in [0.4, 0.5) is 9.59 Å². The van der Waals surface area contributed by atoms with Crippen LogP contribution in [0, 0.1) is 11.8 Å². The highest BCUT2D eigenvalue weighted by molar-refractivity contribution is 5.89. The molecule has 0 radical (unpaired) electrons. The van der Waals surface area contributed by atoms with Gasteiger partial charge in [-0.2, -0.15) is 0 Å². The molecule has 3 saturated heterocycles. The first kappa shape index (κ1) is 43.6. The number of aromatic amines is 2. The summed E-state index contributed by atoms with van der Waals surface area (Å²) in [4.78, 5) is 75.6. The molecule has 0 bridgehead atoms. The Kier molecular flexibility index (Phi) is 12.9. The number of likely N-dealkylation sites (tertiary alicyclic amines) is 3. The van der Waals surface area contributed by atoms with E-state index in [9.17, 15) is 19.2 Å². The molecule has 0 spiro atoms. The molecule has 2 aromatic heterocycles. The van der Waals surface area contributed by atoms with Gasteiger partial charge in [0, 0.05) is 36.8 Å². The normalized spacial score (nSPS) is 18.9. The number of rotatable bonds is 10. The van der Waals surface area contributed by atoms with Crippen LogP contribution in [-0.4, -0.2) is 91.4 Å². The second kappa shape index (κ2) is 19.6. The minimum atomic E-state index is -0.885. The fourth-order valence-corrected chi connectivity index (χ4v) is 9.36. The van der Waals surface area contributed by atoms with E-state index in [0.717, 1.165) is 83.6 Å². The molecule has 9 rings (SSSR count). The monoisotopic (exact) mass is 883 g/mol. The van der Waals surface area contributed by atoms with E-state index in [1.165, 1.54) is 7.11 Å². The van der Waals surface area contributed by atoms with Crippen LogP contribution in [0.2, 0.25) is 0 Å². The molecular formula is C52H53N9O5. The third kappa shape index (κ3) is 9.42. The third-order valence-corrected chi connectivity index (χ3v) is 12.9. The van der Waals surface area contributed by atoms with Crippen molar-refractivity contribution in [1.29, 1.82) is 0 Å². The molecule has 3 aliphatic rings. The number of alkyl carbamates (subject to hydrolysis) is 1. The summed E-state index contributed by atoms with van der Waals surface area (Å²) in [6.45, 7) is 3.87. The van der Waals surface area contributed by atoms with Crippen LogP contribution in [-0.2, 0) is 14.3 Å². The number of benzene rings is 4. The van der Waals surface area contributed by atoms with Crippen molar-refractivity contribution in [1.82, 2.24) is 45.3 Å². The SMILES string of the molecule is COC(=O)N[C@@H](C(=O)N1CCC[C@H]1c1ncc(-c2ccc(C#Cc3ccc(-c4cnc([C@@H]5CCCN5C(=O)[C@H](NC(=O)N5CCC[C@@H]5C)c5ccccc5)[nH]4)cc3)cc2)[nH]1)c1ccccc1. The van der Waals surface area contributed by atoms with Gasteiger partial charge in [-0.1, -0.05) is 96.8 Å². The van der Waals surface area contributed by atoms with E-state index in [2.05, 4.69) is 37.4 Å². The summed E-state index contributed by atoms with van der Waals surface area (Å²) in [6, 6.07) is 32.3. The number of ether oxygens (including phenoxy) is 1. The summed E-state index contributed by atoms with van der Waals surface area (Å²) in [6.07, 6.45) is 8.00. The van der Waals surface area contributed by atoms with Gasteiger partial charge in [-0.25, -0.2) is 19.6 Å². The maximum absolute atomic E-state index is 14.3. The summed E-state index contributed by atoms with van der Waals surface area (Å²) in [5.74, 6) is 7.60. The number of hydrogen-bond donors (Lipinski definition) is 4. The highest BCUT2D eigenvalue weighted by atomic mass is 16.5. The third-order valence-electron chi connectivity index (χ3n) is 12.9. The summed E-state index contributed by atoms with van der Waals surface area (Å²) in [5, 5.41) is 5.79. The van der Waals surface area contributed by atoms with E-state index in [4.69, 9.17) is 9.72 Å². The Morgan fingerprint density at radius 2 is 1.05 bits per heavy atom. The van der Waals surface area contributed by atoms with Crippen LogP contribution in [0.25, 0.3) is 22.5 Å². The van der Waals surface area contributed by atoms with Gasteiger partial charge in [-0.3, -0.25) is 9.59 Å². The molecule has 5 atom stereocenters. The number of aromatic nitrogens is 4. The molecular weight excluding hydrogens is 831 g/mol. The number of imidazole rings is 2. The molecule has 6 aromatic rings. The second-order valence-corrected chi connectivity index (χ2v) is 17.1. The molecule has 336 valence electrons. The smallest absolute Gasteiger partial charge is 0.407 e. The minimum Gasteiger partial charge on any atom is -0.453 e. The average molecular weight is 884 g/mol. The number of H-pyrrole nitrogens is 2. The van der Waals surface area contributed by atoms with Crippen molar-refractivity contribution in [2.45, 2.75) is 75.7 Å². The number of nitrogens with one attached hydrogen (secondary N) is 4. The maximum Gasteiger partial charge on any atom is 0.407 e. The van der Waals surface area contributed by atoms with Gasteiger partial charge in [0.05, 0.1) is 43.0 Å². The molecule has 4 N–H and O–H groups in total. The summed E-state index contributed by atoms with van der Waals surface area (Å²) >= 11 is 0. The number of hydrogen-bond acceptors (Lipinski definition) is 7. The van der Waals surface area contributed by atoms with E-state index in [1.807, 2.05) is 132 Å². The first-order valence-electron chi connectivity index (χ1n) is 22.7. The average Bonchev–Trinajstić information content (AvgIpc) is 4.23. The zero-order valence-corrected chi connectivity index (χ0v) is 37.1. The van der Waals surface area contributed by atoms with Crippen molar-refractivity contribution in [2.75, 3.05) is 26.7 Å². The van der Waals surface area contributed by atoms with Gasteiger partial charge >= 0.3 is 12.1 Å². The molecule has 3 aliphatic heterocycles. The van der Waals surface area contributed by atoms with Crippen molar-refractivity contribution >= 4 is 23.9 Å². The highest BCUT2D eigenvalue weighted by Gasteiger charge is 2.39. The Morgan fingerprint density at radius 1 is 0.606 bits per heavy atom. The number of amides is 5. The zero-order chi connectivity index (χ0) is 45.6. The molecule has 66 heavy (non-hydrogen) atoms. The minimum absolute atomic E-state index is 0.137. The maximum atomic E-state index is 14.3. The number of carbonyl (C=O) groups excluding carboxylic acids is 4. The standard InChI is InChI=1S/C52H53N9O5/c1-34-12-9-29-59(34)51(64)57-45(39-13-5-3-6-14-39)49(62)60-30-10-17-43(60)47-53-32-41(55-47)37-25-21-35(22-26-37)19-20-36-23-27-38(28-24-36)42-33-54-48(56-42)44-18-11-31-61(44)50(63)46(58-52(65)66-2)40-15-7-4-8-16-40/h3-8,13-16,21-28,32-34,43-46H,9-12,17-18,29-31H2,1-2H3,(H,53,55)(H,54,56)(H,57,64)(H,58,65)/t34-,43-,44-,45+,46+/m0/s1. The van der Waals surface area contributed by atoms with E-state index in [1.54, 1.807) is 11.1 Å². The Morgan fingerprint density at radius 3 is 1.48 bits per heavy atom.